The third kappa shape index (κ3) is 2.78. The van der Waals surface area contributed by atoms with Gasteiger partial charge in [0.2, 0.25) is 5.91 Å². The molecule has 1 amide bonds. The van der Waals surface area contributed by atoms with Gasteiger partial charge in [0, 0.05) is 37.9 Å². The minimum atomic E-state index is -0.408. The number of anilines is 1. The maximum absolute atomic E-state index is 12.4. The van der Waals surface area contributed by atoms with Gasteiger partial charge in [0.1, 0.15) is 0 Å². The van der Waals surface area contributed by atoms with Crippen LogP contribution in [0, 0.1) is 11.8 Å². The lowest BCUT2D eigenvalue weighted by atomic mass is 9.87. The van der Waals surface area contributed by atoms with Crippen molar-refractivity contribution in [2.75, 3.05) is 18.5 Å². The molecule has 1 saturated heterocycles. The van der Waals surface area contributed by atoms with Crippen molar-refractivity contribution in [1.82, 2.24) is 4.57 Å². The quantitative estimate of drug-likeness (QED) is 0.942. The van der Waals surface area contributed by atoms with Crippen LogP contribution in [-0.4, -0.2) is 23.7 Å². The molecule has 3 rings (SSSR count). The zero-order valence-electron chi connectivity index (χ0n) is 12.8. The molecule has 1 fully saturated rings. The van der Waals surface area contributed by atoms with Crippen LogP contribution >= 0.6 is 0 Å². The van der Waals surface area contributed by atoms with Crippen molar-refractivity contribution in [2.24, 2.45) is 18.9 Å². The molecule has 1 unspecified atom stereocenters. The fraction of sp³-hybridized carbons (Fsp3) is 0.500. The molecule has 0 aliphatic carbocycles. The summed E-state index contributed by atoms with van der Waals surface area (Å²) in [5.74, 6) is -0.131. The van der Waals surface area contributed by atoms with Crippen molar-refractivity contribution in [2.45, 2.75) is 19.8 Å². The van der Waals surface area contributed by atoms with Gasteiger partial charge in [0.15, 0.2) is 5.58 Å². The van der Waals surface area contributed by atoms with E-state index < -0.39 is 5.76 Å². The van der Waals surface area contributed by atoms with E-state index in [4.69, 9.17) is 9.15 Å². The molecule has 1 aliphatic heterocycles. The number of carbonyl (C=O) groups excluding carboxylic acids is 1. The Labute approximate surface area is 128 Å². The summed E-state index contributed by atoms with van der Waals surface area (Å²) in [4.78, 5) is 23.9. The van der Waals surface area contributed by atoms with Gasteiger partial charge in [-0.05, 0) is 30.9 Å². The van der Waals surface area contributed by atoms with E-state index in [1.807, 2.05) is 6.92 Å². The molecule has 0 saturated carbocycles. The monoisotopic (exact) mass is 304 g/mol. The zero-order chi connectivity index (χ0) is 15.7. The largest absolute Gasteiger partial charge is 0.419 e. The molecule has 2 heterocycles. The first-order chi connectivity index (χ1) is 10.6. The molecule has 0 bridgehead atoms. The molecule has 6 nitrogen and oxygen atoms in total. The number of ether oxygens (including phenoxy) is 1. The van der Waals surface area contributed by atoms with Gasteiger partial charge in [0.25, 0.3) is 0 Å². The Morgan fingerprint density at radius 3 is 2.82 bits per heavy atom. The number of fused-ring (bicyclic) bond motifs is 1. The highest BCUT2D eigenvalue weighted by atomic mass is 16.5. The molecule has 1 aromatic heterocycles. The minimum Gasteiger partial charge on any atom is -0.408 e. The average molecular weight is 304 g/mol. The first-order valence-electron chi connectivity index (χ1n) is 7.54. The van der Waals surface area contributed by atoms with Crippen LogP contribution in [0.4, 0.5) is 5.69 Å². The highest BCUT2D eigenvalue weighted by molar-refractivity contribution is 5.94. The van der Waals surface area contributed by atoms with E-state index in [0.29, 0.717) is 22.7 Å². The van der Waals surface area contributed by atoms with Crippen molar-refractivity contribution < 1.29 is 13.9 Å². The predicted molar refractivity (Wildman–Crippen MR) is 82.8 cm³/mol. The summed E-state index contributed by atoms with van der Waals surface area (Å²) < 4.78 is 11.9. The standard InChI is InChI=1S/C16H20N2O4/c1-10(11-5-7-21-8-6-11)15(19)17-12-3-4-13-14(9-12)22-16(20)18(13)2/h3-4,9-11H,5-8H2,1-2H3,(H,17,19). The van der Waals surface area contributed by atoms with E-state index >= 15 is 0 Å². The first kappa shape index (κ1) is 14.8. The number of hydrogen-bond acceptors (Lipinski definition) is 4. The molecular weight excluding hydrogens is 284 g/mol. The van der Waals surface area contributed by atoms with Gasteiger partial charge >= 0.3 is 5.76 Å². The van der Waals surface area contributed by atoms with Crippen LogP contribution in [0.25, 0.3) is 11.1 Å². The number of nitrogens with one attached hydrogen (secondary N) is 1. The lowest BCUT2D eigenvalue weighted by molar-refractivity contribution is -0.122. The number of nitrogens with zero attached hydrogens (tertiary/aromatic N) is 1. The molecule has 118 valence electrons. The molecule has 0 spiro atoms. The lowest BCUT2D eigenvalue weighted by Crippen LogP contribution is -2.30. The number of aryl methyl sites for hydroxylation is 1. The average Bonchev–Trinajstić information content (AvgIpc) is 2.81. The summed E-state index contributed by atoms with van der Waals surface area (Å²) in [6, 6.07) is 5.24. The van der Waals surface area contributed by atoms with E-state index in [2.05, 4.69) is 5.32 Å². The second-order valence-corrected chi connectivity index (χ2v) is 5.84. The molecule has 6 heteroatoms. The highest BCUT2D eigenvalue weighted by Gasteiger charge is 2.26. The maximum Gasteiger partial charge on any atom is 0.419 e. The summed E-state index contributed by atoms with van der Waals surface area (Å²) in [6.07, 6.45) is 1.84. The molecule has 22 heavy (non-hydrogen) atoms. The fourth-order valence-electron chi connectivity index (χ4n) is 2.90. The van der Waals surface area contributed by atoms with Gasteiger partial charge < -0.3 is 14.5 Å². The number of benzene rings is 1. The molecule has 2 aromatic rings. The van der Waals surface area contributed by atoms with E-state index in [0.717, 1.165) is 26.1 Å². The van der Waals surface area contributed by atoms with Crippen molar-refractivity contribution >= 4 is 22.7 Å². The predicted octanol–water partition coefficient (Wildman–Crippen LogP) is 2.13. The second-order valence-electron chi connectivity index (χ2n) is 5.84. The smallest absolute Gasteiger partial charge is 0.408 e. The molecule has 1 aromatic carbocycles. The number of oxazole rings is 1. The summed E-state index contributed by atoms with van der Waals surface area (Å²) in [5, 5.41) is 2.91. The number of rotatable bonds is 3. The van der Waals surface area contributed by atoms with Gasteiger partial charge in [-0.1, -0.05) is 6.92 Å². The zero-order valence-corrected chi connectivity index (χ0v) is 12.8. The number of aromatic nitrogens is 1. The van der Waals surface area contributed by atoms with Crippen molar-refractivity contribution in [3.63, 3.8) is 0 Å². The van der Waals surface area contributed by atoms with Gasteiger partial charge in [-0.25, -0.2) is 4.79 Å². The Kier molecular flexibility index (Phi) is 4.02. The van der Waals surface area contributed by atoms with E-state index in [1.165, 1.54) is 4.57 Å². The van der Waals surface area contributed by atoms with E-state index in [-0.39, 0.29) is 11.8 Å². The van der Waals surface area contributed by atoms with Crippen LogP contribution in [0.3, 0.4) is 0 Å². The molecule has 1 atom stereocenters. The normalized spacial score (nSPS) is 17.5. The minimum absolute atomic E-state index is 0.00970. The molecular formula is C16H20N2O4. The first-order valence-corrected chi connectivity index (χ1v) is 7.54. The summed E-state index contributed by atoms with van der Waals surface area (Å²) in [6.45, 7) is 3.40. The van der Waals surface area contributed by atoms with Crippen LogP contribution < -0.4 is 11.1 Å². The van der Waals surface area contributed by atoms with Crippen LogP contribution in [0.5, 0.6) is 0 Å². The topological polar surface area (TPSA) is 73.5 Å². The van der Waals surface area contributed by atoms with Crippen LogP contribution in [-0.2, 0) is 16.6 Å². The number of amides is 1. The number of hydrogen-bond donors (Lipinski definition) is 1. The summed E-state index contributed by atoms with van der Waals surface area (Å²) >= 11 is 0. The Balaban J connectivity index is 1.74. The van der Waals surface area contributed by atoms with Crippen LogP contribution in [0.15, 0.2) is 27.4 Å². The van der Waals surface area contributed by atoms with Gasteiger partial charge in [-0.3, -0.25) is 9.36 Å². The Hall–Kier alpha value is -2.08. The van der Waals surface area contributed by atoms with Gasteiger partial charge in [-0.15, -0.1) is 0 Å². The third-order valence-corrected chi connectivity index (χ3v) is 4.45. The fourth-order valence-corrected chi connectivity index (χ4v) is 2.90. The second kappa shape index (κ2) is 5.96. The third-order valence-electron chi connectivity index (χ3n) is 4.45. The Morgan fingerprint density at radius 1 is 1.36 bits per heavy atom. The van der Waals surface area contributed by atoms with E-state index in [9.17, 15) is 9.59 Å². The highest BCUT2D eigenvalue weighted by Crippen LogP contribution is 2.25. The van der Waals surface area contributed by atoms with Crippen LogP contribution in [0.2, 0.25) is 0 Å². The van der Waals surface area contributed by atoms with Crippen LogP contribution in [0.1, 0.15) is 19.8 Å². The molecule has 0 radical (unpaired) electrons. The van der Waals surface area contributed by atoms with Gasteiger partial charge in [0.05, 0.1) is 5.52 Å². The molecule has 1 aliphatic rings. The van der Waals surface area contributed by atoms with Crippen molar-refractivity contribution in [1.29, 1.82) is 0 Å². The van der Waals surface area contributed by atoms with Gasteiger partial charge in [-0.2, -0.15) is 0 Å². The summed E-state index contributed by atoms with van der Waals surface area (Å²) in [7, 11) is 1.65. The Bertz CT molecular complexity index is 740. The van der Waals surface area contributed by atoms with Crippen molar-refractivity contribution in [3.8, 4) is 0 Å². The maximum atomic E-state index is 12.4. The molecule has 1 N–H and O–H groups in total. The number of carbonyl (C=O) groups is 1. The Morgan fingerprint density at radius 2 is 2.09 bits per heavy atom. The van der Waals surface area contributed by atoms with Crippen molar-refractivity contribution in [3.05, 3.63) is 28.7 Å². The lowest BCUT2D eigenvalue weighted by Gasteiger charge is -2.26. The SMILES string of the molecule is CC(C(=O)Nc1ccc2c(c1)oc(=O)n2C)C1CCOCC1. The van der Waals surface area contributed by atoms with E-state index in [1.54, 1.807) is 25.2 Å². The summed E-state index contributed by atoms with van der Waals surface area (Å²) in [5.41, 5.74) is 1.83.